The minimum absolute atomic E-state index is 0.0409. The van der Waals surface area contributed by atoms with Crippen molar-refractivity contribution in [1.29, 1.82) is 0 Å². The van der Waals surface area contributed by atoms with Crippen LogP contribution in [0.25, 0.3) is 22.1 Å². The highest BCUT2D eigenvalue weighted by atomic mass is 16.3. The molecule has 0 bridgehead atoms. The van der Waals surface area contributed by atoms with Gasteiger partial charge in [0.05, 0.1) is 16.3 Å². The lowest BCUT2D eigenvalue weighted by atomic mass is 10.0. The number of carbonyl (C=O) groups excluding carboxylic acids is 1. The van der Waals surface area contributed by atoms with E-state index in [2.05, 4.69) is 42.9 Å². The molecule has 0 aliphatic heterocycles. The number of pyridine rings is 1. The Morgan fingerprint density at radius 3 is 2.59 bits per heavy atom. The summed E-state index contributed by atoms with van der Waals surface area (Å²) in [6.45, 7) is 11.3. The molecule has 0 unspecified atom stereocenters. The molecular formula is C22H28N4O3. The second kappa shape index (κ2) is 8.61. The van der Waals surface area contributed by atoms with Gasteiger partial charge in [0, 0.05) is 13.1 Å². The number of anilines is 1. The fourth-order valence-electron chi connectivity index (χ4n) is 3.32. The summed E-state index contributed by atoms with van der Waals surface area (Å²) in [5, 5.41) is 3.58. The first kappa shape index (κ1) is 20.8. The van der Waals surface area contributed by atoms with E-state index >= 15 is 0 Å². The second-order valence-corrected chi connectivity index (χ2v) is 7.40. The molecule has 0 saturated heterocycles. The number of hydrogen-bond donors (Lipinski definition) is 2. The van der Waals surface area contributed by atoms with Crippen LogP contribution in [0.15, 0.2) is 33.5 Å². The molecule has 3 N–H and O–H groups in total. The van der Waals surface area contributed by atoms with Crippen LogP contribution < -0.4 is 16.5 Å². The number of nitrogen functional groups attached to an aromatic ring is 1. The minimum atomic E-state index is -0.348. The smallest absolute Gasteiger partial charge is 0.255 e. The molecule has 3 rings (SSSR count). The average Bonchev–Trinajstić information content (AvgIpc) is 2.70. The molecule has 0 aliphatic rings. The van der Waals surface area contributed by atoms with E-state index in [-0.39, 0.29) is 39.7 Å². The van der Waals surface area contributed by atoms with E-state index in [1.807, 2.05) is 12.1 Å². The summed E-state index contributed by atoms with van der Waals surface area (Å²) in [5.41, 5.74) is 7.59. The Labute approximate surface area is 169 Å². The molecule has 154 valence electrons. The predicted molar refractivity (Wildman–Crippen MR) is 116 cm³/mol. The Hall–Kier alpha value is -2.93. The molecule has 0 saturated carbocycles. The number of hydrogen-bond acceptors (Lipinski definition) is 6. The van der Waals surface area contributed by atoms with Crippen molar-refractivity contribution < 1.29 is 9.21 Å². The van der Waals surface area contributed by atoms with Crippen LogP contribution in [0.3, 0.4) is 0 Å². The van der Waals surface area contributed by atoms with Gasteiger partial charge in [0.15, 0.2) is 0 Å². The molecule has 1 aromatic carbocycles. The molecule has 0 spiro atoms. The Kier molecular flexibility index (Phi) is 6.17. The maximum absolute atomic E-state index is 13.1. The number of fused-ring (bicyclic) bond motifs is 2. The summed E-state index contributed by atoms with van der Waals surface area (Å²) in [5.74, 6) is -0.0233. The van der Waals surface area contributed by atoms with Gasteiger partial charge in [0.25, 0.3) is 5.91 Å². The molecule has 1 amide bonds. The largest absolute Gasteiger partial charge is 0.437 e. The SMILES string of the molecule is CCN(CC)CCNC(=O)c1cc2c(=O)c3cc(C(C)C)ccc3oc2nc1N. The number of nitrogens with zero attached hydrogens (tertiary/aromatic N) is 2. The average molecular weight is 396 g/mol. The van der Waals surface area contributed by atoms with Crippen LogP contribution in [0.2, 0.25) is 0 Å². The van der Waals surface area contributed by atoms with E-state index in [0.29, 0.717) is 17.5 Å². The van der Waals surface area contributed by atoms with Gasteiger partial charge >= 0.3 is 0 Å². The van der Waals surface area contributed by atoms with E-state index in [9.17, 15) is 9.59 Å². The monoisotopic (exact) mass is 396 g/mol. The van der Waals surface area contributed by atoms with Gasteiger partial charge in [0.1, 0.15) is 11.4 Å². The van der Waals surface area contributed by atoms with E-state index in [1.165, 1.54) is 6.07 Å². The first-order valence-corrected chi connectivity index (χ1v) is 10.0. The first-order valence-electron chi connectivity index (χ1n) is 10.0. The van der Waals surface area contributed by atoms with Crippen LogP contribution in [-0.4, -0.2) is 42.0 Å². The van der Waals surface area contributed by atoms with E-state index < -0.39 is 0 Å². The maximum atomic E-state index is 13.1. The van der Waals surface area contributed by atoms with Crippen LogP contribution in [-0.2, 0) is 0 Å². The molecular weight excluding hydrogens is 368 g/mol. The molecule has 2 aromatic heterocycles. The Morgan fingerprint density at radius 2 is 1.93 bits per heavy atom. The van der Waals surface area contributed by atoms with E-state index in [0.717, 1.165) is 25.2 Å². The standard InChI is InChI=1S/C22H28N4O3/c1-5-26(6-2)10-9-24-21(28)17-12-16-19(27)15-11-14(13(3)4)7-8-18(15)29-22(16)25-20(17)23/h7-8,11-13H,5-6,9-10H2,1-4H3,(H2,23,25)(H,24,28). The summed E-state index contributed by atoms with van der Waals surface area (Å²) in [4.78, 5) is 32.0. The fourth-order valence-corrected chi connectivity index (χ4v) is 3.32. The highest BCUT2D eigenvalue weighted by Gasteiger charge is 2.17. The zero-order valence-corrected chi connectivity index (χ0v) is 17.4. The van der Waals surface area contributed by atoms with Gasteiger partial charge in [-0.1, -0.05) is 33.8 Å². The van der Waals surface area contributed by atoms with Gasteiger partial charge in [-0.25, -0.2) is 0 Å². The van der Waals surface area contributed by atoms with Crippen LogP contribution in [0.4, 0.5) is 5.82 Å². The summed E-state index contributed by atoms with van der Waals surface area (Å²) >= 11 is 0. The zero-order chi connectivity index (χ0) is 21.1. The molecule has 29 heavy (non-hydrogen) atoms. The minimum Gasteiger partial charge on any atom is -0.437 e. The summed E-state index contributed by atoms with van der Waals surface area (Å²) < 4.78 is 5.79. The number of likely N-dealkylation sites (N-methyl/N-ethyl adjacent to an activating group) is 1. The number of carbonyl (C=O) groups is 1. The van der Waals surface area contributed by atoms with Gasteiger partial charge in [-0.3, -0.25) is 9.59 Å². The number of aromatic nitrogens is 1. The Balaban J connectivity index is 1.98. The molecule has 3 aromatic rings. The van der Waals surface area contributed by atoms with Crippen LogP contribution in [0.1, 0.15) is 49.5 Å². The van der Waals surface area contributed by atoms with Crippen molar-refractivity contribution in [1.82, 2.24) is 15.2 Å². The van der Waals surface area contributed by atoms with Crippen molar-refractivity contribution in [2.24, 2.45) is 0 Å². The molecule has 0 radical (unpaired) electrons. The van der Waals surface area contributed by atoms with Crippen molar-refractivity contribution >= 4 is 33.8 Å². The van der Waals surface area contributed by atoms with E-state index in [4.69, 9.17) is 10.2 Å². The van der Waals surface area contributed by atoms with Crippen molar-refractivity contribution in [2.45, 2.75) is 33.6 Å². The van der Waals surface area contributed by atoms with Crippen LogP contribution >= 0.6 is 0 Å². The number of nitrogens with one attached hydrogen (secondary N) is 1. The number of nitrogens with two attached hydrogens (primary N) is 1. The van der Waals surface area contributed by atoms with Gasteiger partial charge < -0.3 is 20.4 Å². The summed E-state index contributed by atoms with van der Waals surface area (Å²) in [7, 11) is 0. The second-order valence-electron chi connectivity index (χ2n) is 7.40. The number of rotatable bonds is 7. The van der Waals surface area contributed by atoms with Crippen molar-refractivity contribution in [3.63, 3.8) is 0 Å². The summed E-state index contributed by atoms with van der Waals surface area (Å²) in [6.07, 6.45) is 0. The molecule has 0 atom stereocenters. The normalized spacial score (nSPS) is 11.7. The molecule has 7 heteroatoms. The fraction of sp³-hybridized carbons (Fsp3) is 0.409. The maximum Gasteiger partial charge on any atom is 0.255 e. The molecule has 0 aliphatic carbocycles. The van der Waals surface area contributed by atoms with Gasteiger partial charge in [-0.05, 0) is 42.8 Å². The molecule has 7 nitrogen and oxygen atoms in total. The Morgan fingerprint density at radius 1 is 1.21 bits per heavy atom. The topological polar surface area (TPSA) is 101 Å². The lowest BCUT2D eigenvalue weighted by Crippen LogP contribution is -2.35. The van der Waals surface area contributed by atoms with E-state index in [1.54, 1.807) is 6.07 Å². The van der Waals surface area contributed by atoms with Gasteiger partial charge in [-0.2, -0.15) is 4.98 Å². The quantitative estimate of drug-likeness (QED) is 0.595. The van der Waals surface area contributed by atoms with Crippen molar-refractivity contribution in [3.8, 4) is 0 Å². The number of benzene rings is 1. The Bertz CT molecular complexity index is 1100. The molecule has 2 heterocycles. The van der Waals surface area contributed by atoms with Gasteiger partial charge in [-0.15, -0.1) is 0 Å². The lowest BCUT2D eigenvalue weighted by Gasteiger charge is -2.18. The third kappa shape index (κ3) is 4.24. The number of amides is 1. The lowest BCUT2D eigenvalue weighted by molar-refractivity contribution is 0.0949. The third-order valence-corrected chi connectivity index (χ3v) is 5.24. The summed E-state index contributed by atoms with van der Waals surface area (Å²) in [6, 6.07) is 7.03. The first-order chi connectivity index (χ1) is 13.8. The van der Waals surface area contributed by atoms with Crippen molar-refractivity contribution in [3.05, 3.63) is 45.6 Å². The highest BCUT2D eigenvalue weighted by molar-refractivity contribution is 6.02. The van der Waals surface area contributed by atoms with Gasteiger partial charge in [0.2, 0.25) is 11.1 Å². The molecule has 0 fully saturated rings. The van der Waals surface area contributed by atoms with Crippen LogP contribution in [0, 0.1) is 0 Å². The van der Waals surface area contributed by atoms with Crippen LogP contribution in [0.5, 0.6) is 0 Å². The third-order valence-electron chi connectivity index (χ3n) is 5.24. The predicted octanol–water partition coefficient (Wildman–Crippen LogP) is 3.12. The highest BCUT2D eigenvalue weighted by Crippen LogP contribution is 2.24. The van der Waals surface area contributed by atoms with Crippen molar-refractivity contribution in [2.75, 3.05) is 31.9 Å². The zero-order valence-electron chi connectivity index (χ0n) is 17.4.